The first-order chi connectivity index (χ1) is 6.79. The summed E-state index contributed by atoms with van der Waals surface area (Å²) in [5.74, 6) is 0. The van der Waals surface area contributed by atoms with Crippen LogP contribution in [0, 0.1) is 0 Å². The molecule has 1 aromatic heterocycles. The van der Waals surface area contributed by atoms with Crippen LogP contribution in [0.2, 0.25) is 0 Å². The SMILES string of the molecule is C=C/C(I)=C(\C=C/NC)n1cncn1. The Kier molecular flexibility index (Phi) is 4.37. The van der Waals surface area contributed by atoms with Crippen molar-refractivity contribution >= 4 is 28.3 Å². The van der Waals surface area contributed by atoms with E-state index in [2.05, 4.69) is 44.6 Å². The van der Waals surface area contributed by atoms with Gasteiger partial charge in [-0.25, -0.2) is 9.67 Å². The average molecular weight is 302 g/mol. The first kappa shape index (κ1) is 11.0. The molecule has 1 N–H and O–H groups in total. The molecule has 1 aromatic rings. The molecule has 74 valence electrons. The zero-order valence-corrected chi connectivity index (χ0v) is 9.97. The molecule has 14 heavy (non-hydrogen) atoms. The monoisotopic (exact) mass is 302 g/mol. The molecule has 1 rings (SSSR count). The molecule has 0 aliphatic heterocycles. The van der Waals surface area contributed by atoms with Gasteiger partial charge in [0.15, 0.2) is 0 Å². The summed E-state index contributed by atoms with van der Waals surface area (Å²) in [6.07, 6.45) is 8.67. The Morgan fingerprint density at radius 1 is 1.64 bits per heavy atom. The molecule has 0 aliphatic rings. The van der Waals surface area contributed by atoms with E-state index >= 15 is 0 Å². The van der Waals surface area contributed by atoms with E-state index in [0.717, 1.165) is 9.28 Å². The van der Waals surface area contributed by atoms with Gasteiger partial charge in [-0.3, -0.25) is 0 Å². The molecular weight excluding hydrogens is 291 g/mol. The highest BCUT2D eigenvalue weighted by Gasteiger charge is 2.00. The number of allylic oxidation sites excluding steroid dienone is 4. The van der Waals surface area contributed by atoms with E-state index in [0.29, 0.717) is 0 Å². The molecule has 5 heteroatoms. The van der Waals surface area contributed by atoms with Crippen molar-refractivity contribution in [1.82, 2.24) is 20.1 Å². The summed E-state index contributed by atoms with van der Waals surface area (Å²) < 4.78 is 2.71. The molecule has 0 atom stereocenters. The molecule has 1 heterocycles. The lowest BCUT2D eigenvalue weighted by molar-refractivity contribution is 0.906. The highest BCUT2D eigenvalue weighted by atomic mass is 127. The molecule has 0 unspecified atom stereocenters. The summed E-state index contributed by atoms with van der Waals surface area (Å²) in [5.41, 5.74) is 0.937. The van der Waals surface area contributed by atoms with E-state index in [4.69, 9.17) is 0 Å². The minimum atomic E-state index is 0.937. The molecular formula is C9H11IN4. The quantitative estimate of drug-likeness (QED) is 0.681. The van der Waals surface area contributed by atoms with Gasteiger partial charge in [0.1, 0.15) is 12.7 Å². The molecule has 0 radical (unpaired) electrons. The normalized spacial score (nSPS) is 12.7. The summed E-state index contributed by atoms with van der Waals surface area (Å²) in [6, 6.07) is 0. The lowest BCUT2D eigenvalue weighted by Gasteiger charge is -2.02. The maximum atomic E-state index is 4.05. The minimum absolute atomic E-state index is 0.937. The average Bonchev–Trinajstić information content (AvgIpc) is 2.71. The molecule has 0 bridgehead atoms. The van der Waals surface area contributed by atoms with Crippen LogP contribution < -0.4 is 5.32 Å². The number of hydrogen-bond acceptors (Lipinski definition) is 3. The van der Waals surface area contributed by atoms with Crippen molar-refractivity contribution in [2.75, 3.05) is 7.05 Å². The predicted octanol–water partition coefficient (Wildman–Crippen LogP) is 1.80. The van der Waals surface area contributed by atoms with Gasteiger partial charge in [-0.15, -0.1) is 0 Å². The zero-order chi connectivity index (χ0) is 10.4. The Morgan fingerprint density at radius 2 is 2.43 bits per heavy atom. The Hall–Kier alpha value is -1.11. The fourth-order valence-corrected chi connectivity index (χ4v) is 1.29. The van der Waals surface area contributed by atoms with Crippen molar-refractivity contribution in [1.29, 1.82) is 0 Å². The molecule has 0 fully saturated rings. The second kappa shape index (κ2) is 5.58. The van der Waals surface area contributed by atoms with Crippen LogP contribution in [0.5, 0.6) is 0 Å². The maximum Gasteiger partial charge on any atom is 0.138 e. The van der Waals surface area contributed by atoms with E-state index in [1.807, 2.05) is 19.3 Å². The first-order valence-electron chi connectivity index (χ1n) is 4.00. The third-order valence-electron chi connectivity index (χ3n) is 1.50. The summed E-state index contributed by atoms with van der Waals surface area (Å²) in [4.78, 5) is 3.89. The van der Waals surface area contributed by atoms with Crippen molar-refractivity contribution in [3.8, 4) is 0 Å². The molecule has 0 spiro atoms. The van der Waals surface area contributed by atoms with Crippen LogP contribution in [0.25, 0.3) is 5.70 Å². The number of halogens is 1. The highest BCUT2D eigenvalue weighted by molar-refractivity contribution is 14.1. The Balaban J connectivity index is 3.06. The Morgan fingerprint density at radius 3 is 2.93 bits per heavy atom. The molecule has 0 aromatic carbocycles. The fraction of sp³-hybridized carbons (Fsp3) is 0.111. The van der Waals surface area contributed by atoms with E-state index < -0.39 is 0 Å². The first-order valence-corrected chi connectivity index (χ1v) is 5.08. The highest BCUT2D eigenvalue weighted by Crippen LogP contribution is 2.18. The van der Waals surface area contributed by atoms with Crippen LogP contribution in [0.1, 0.15) is 0 Å². The molecule has 0 aliphatic carbocycles. The molecule has 0 saturated heterocycles. The molecule has 0 amide bonds. The largest absolute Gasteiger partial charge is 0.394 e. The van der Waals surface area contributed by atoms with E-state index in [1.54, 1.807) is 17.1 Å². The van der Waals surface area contributed by atoms with Gasteiger partial charge in [0, 0.05) is 10.6 Å². The van der Waals surface area contributed by atoms with Crippen LogP contribution >= 0.6 is 22.6 Å². The lowest BCUT2D eigenvalue weighted by Crippen LogP contribution is -1.99. The minimum Gasteiger partial charge on any atom is -0.394 e. The van der Waals surface area contributed by atoms with Crippen LogP contribution in [-0.2, 0) is 0 Å². The van der Waals surface area contributed by atoms with Crippen LogP contribution in [0.3, 0.4) is 0 Å². The predicted molar refractivity (Wildman–Crippen MR) is 65.7 cm³/mol. The van der Waals surface area contributed by atoms with E-state index in [9.17, 15) is 0 Å². The summed E-state index contributed by atoms with van der Waals surface area (Å²) in [6.45, 7) is 3.72. The summed E-state index contributed by atoms with van der Waals surface area (Å²) in [7, 11) is 1.84. The van der Waals surface area contributed by atoms with Gasteiger partial charge in [0.2, 0.25) is 0 Å². The van der Waals surface area contributed by atoms with E-state index in [-0.39, 0.29) is 0 Å². The van der Waals surface area contributed by atoms with Crippen molar-refractivity contribution in [2.45, 2.75) is 0 Å². The van der Waals surface area contributed by atoms with Crippen LogP contribution in [0.4, 0.5) is 0 Å². The van der Waals surface area contributed by atoms with Crippen molar-refractivity contribution < 1.29 is 0 Å². The van der Waals surface area contributed by atoms with Crippen molar-refractivity contribution in [3.63, 3.8) is 0 Å². The van der Waals surface area contributed by atoms with Crippen molar-refractivity contribution in [3.05, 3.63) is 41.2 Å². The number of nitrogens with zero attached hydrogens (tertiary/aromatic N) is 3. The van der Waals surface area contributed by atoms with Gasteiger partial charge in [-0.05, 0) is 34.9 Å². The van der Waals surface area contributed by atoms with Gasteiger partial charge < -0.3 is 5.32 Å². The van der Waals surface area contributed by atoms with Crippen LogP contribution in [-0.4, -0.2) is 21.8 Å². The Bertz CT molecular complexity index is 351. The van der Waals surface area contributed by atoms with E-state index in [1.165, 1.54) is 6.33 Å². The van der Waals surface area contributed by atoms with Gasteiger partial charge in [0.25, 0.3) is 0 Å². The smallest absolute Gasteiger partial charge is 0.138 e. The number of rotatable bonds is 4. The van der Waals surface area contributed by atoms with Gasteiger partial charge in [-0.2, -0.15) is 5.10 Å². The fourth-order valence-electron chi connectivity index (χ4n) is 0.865. The van der Waals surface area contributed by atoms with Gasteiger partial charge >= 0.3 is 0 Å². The number of hydrogen-bond donors (Lipinski definition) is 1. The standard InChI is InChI=1S/C9H11IN4/c1-3-8(10)9(4-5-11-2)14-7-12-6-13-14/h3-7,11H,1H2,2H3/b5-4-,9-8-. The number of aromatic nitrogens is 3. The lowest BCUT2D eigenvalue weighted by atomic mass is 10.4. The maximum absolute atomic E-state index is 4.05. The third-order valence-corrected chi connectivity index (χ3v) is 2.49. The summed E-state index contributed by atoms with van der Waals surface area (Å²) >= 11 is 2.20. The second-order valence-electron chi connectivity index (χ2n) is 2.40. The number of nitrogens with one attached hydrogen (secondary N) is 1. The van der Waals surface area contributed by atoms with Crippen molar-refractivity contribution in [2.24, 2.45) is 0 Å². The summed E-state index contributed by atoms with van der Waals surface area (Å²) in [5, 5.41) is 6.98. The second-order valence-corrected chi connectivity index (χ2v) is 3.56. The zero-order valence-electron chi connectivity index (χ0n) is 7.81. The Labute approximate surface area is 96.6 Å². The van der Waals surface area contributed by atoms with Gasteiger partial charge in [-0.1, -0.05) is 12.7 Å². The third kappa shape index (κ3) is 2.69. The van der Waals surface area contributed by atoms with Gasteiger partial charge in [0.05, 0.1) is 5.70 Å². The molecule has 0 saturated carbocycles. The topological polar surface area (TPSA) is 42.7 Å². The molecule has 4 nitrogen and oxygen atoms in total. The van der Waals surface area contributed by atoms with Crippen LogP contribution in [0.15, 0.2) is 41.2 Å².